The molecule has 184 valence electrons. The number of benzene rings is 3. The second kappa shape index (κ2) is 10.4. The molecule has 1 N–H and O–H groups in total. The minimum atomic E-state index is -4.11. The Bertz CT molecular complexity index is 1470. The fourth-order valence-electron chi connectivity index (χ4n) is 3.59. The second-order valence-electron chi connectivity index (χ2n) is 7.89. The summed E-state index contributed by atoms with van der Waals surface area (Å²) in [6.45, 7) is 1.59. The van der Waals surface area contributed by atoms with Crippen molar-refractivity contribution in [3.05, 3.63) is 113 Å². The quantitative estimate of drug-likeness (QED) is 0.273. The first-order valence-corrected chi connectivity index (χ1v) is 12.4. The van der Waals surface area contributed by atoms with Crippen LogP contribution in [0.2, 0.25) is 0 Å². The summed E-state index contributed by atoms with van der Waals surface area (Å²) >= 11 is 0. The number of non-ortho nitro benzene ring substituents is 1. The molecule has 0 aliphatic heterocycles. The van der Waals surface area contributed by atoms with Gasteiger partial charge in [0.15, 0.2) is 0 Å². The van der Waals surface area contributed by atoms with Gasteiger partial charge in [-0.15, -0.1) is 0 Å². The average molecular weight is 506 g/mol. The summed E-state index contributed by atoms with van der Waals surface area (Å²) in [5.74, 6) is 0.324. The number of hydrogen-bond donors (Lipinski definition) is 1. The van der Waals surface area contributed by atoms with Gasteiger partial charge in [0.05, 0.1) is 15.5 Å². The highest BCUT2D eigenvalue weighted by Gasteiger charge is 2.27. The van der Waals surface area contributed by atoms with Crippen LogP contribution in [0.1, 0.15) is 11.4 Å². The van der Waals surface area contributed by atoms with Gasteiger partial charge in [-0.1, -0.05) is 30.3 Å². The fourth-order valence-corrected chi connectivity index (χ4v) is 5.03. The molecule has 0 saturated carbocycles. The second-order valence-corrected chi connectivity index (χ2v) is 9.75. The topological polar surface area (TPSA) is 127 Å². The van der Waals surface area contributed by atoms with E-state index in [4.69, 9.17) is 0 Å². The van der Waals surface area contributed by atoms with E-state index in [2.05, 4.69) is 10.3 Å². The summed E-state index contributed by atoms with van der Waals surface area (Å²) < 4.78 is 29.6. The zero-order valence-electron chi connectivity index (χ0n) is 19.3. The lowest BCUT2D eigenvalue weighted by atomic mass is 10.2. The van der Waals surface area contributed by atoms with Crippen LogP contribution in [0, 0.1) is 17.0 Å². The van der Waals surface area contributed by atoms with Crippen LogP contribution in [0.5, 0.6) is 0 Å². The van der Waals surface area contributed by atoms with E-state index in [0.29, 0.717) is 0 Å². The molecule has 0 atom stereocenters. The van der Waals surface area contributed by atoms with E-state index in [9.17, 15) is 23.3 Å². The molecule has 3 aromatic carbocycles. The number of carbonyl (C=O) groups excluding carboxylic acids is 1. The molecule has 0 aliphatic carbocycles. The largest absolute Gasteiger partial charge is 0.350 e. The third kappa shape index (κ3) is 5.41. The molecule has 4 aromatic rings. The molecule has 1 heterocycles. The van der Waals surface area contributed by atoms with Gasteiger partial charge in [0, 0.05) is 36.8 Å². The number of nitrogens with one attached hydrogen (secondary N) is 1. The number of sulfonamides is 1. The molecule has 10 nitrogen and oxygen atoms in total. The van der Waals surface area contributed by atoms with Crippen molar-refractivity contribution in [2.75, 3.05) is 10.8 Å². The van der Waals surface area contributed by atoms with Crippen molar-refractivity contribution in [2.45, 2.75) is 18.4 Å². The number of hydrogen-bond acceptors (Lipinski definition) is 6. The summed E-state index contributed by atoms with van der Waals surface area (Å²) in [5, 5.41) is 13.8. The molecular formula is C25H23N5O5S. The minimum absolute atomic E-state index is 0.00142. The molecule has 0 radical (unpaired) electrons. The number of nitro groups is 1. The third-order valence-corrected chi connectivity index (χ3v) is 7.28. The average Bonchev–Trinajstić information content (AvgIpc) is 3.32. The molecule has 11 heteroatoms. The SMILES string of the molecule is Cc1nccn1-c1ccc(CNC(=O)CN(c2ccc([N+](=O)[O-])cc2)S(=O)(=O)c2ccccc2)cc1. The van der Waals surface area contributed by atoms with Gasteiger partial charge in [-0.3, -0.25) is 19.2 Å². The van der Waals surface area contributed by atoms with Gasteiger partial charge in [-0.05, 0) is 48.9 Å². The maximum Gasteiger partial charge on any atom is 0.269 e. The smallest absolute Gasteiger partial charge is 0.269 e. The van der Waals surface area contributed by atoms with Crippen LogP contribution in [0.3, 0.4) is 0 Å². The maximum absolute atomic E-state index is 13.3. The molecular weight excluding hydrogens is 482 g/mol. The van der Waals surface area contributed by atoms with Gasteiger partial charge in [0.25, 0.3) is 15.7 Å². The Morgan fingerprint density at radius 1 is 1.03 bits per heavy atom. The Morgan fingerprint density at radius 2 is 1.69 bits per heavy atom. The molecule has 0 fully saturated rings. The maximum atomic E-state index is 13.3. The summed E-state index contributed by atoms with van der Waals surface area (Å²) in [6, 6.07) is 20.2. The molecule has 1 amide bonds. The van der Waals surface area contributed by atoms with Crippen LogP contribution < -0.4 is 9.62 Å². The van der Waals surface area contributed by atoms with E-state index in [0.717, 1.165) is 21.4 Å². The third-order valence-electron chi connectivity index (χ3n) is 5.50. The Hall–Kier alpha value is -4.51. The van der Waals surface area contributed by atoms with Crippen LogP contribution in [0.25, 0.3) is 5.69 Å². The van der Waals surface area contributed by atoms with E-state index < -0.39 is 27.4 Å². The lowest BCUT2D eigenvalue weighted by molar-refractivity contribution is -0.384. The van der Waals surface area contributed by atoms with Crippen molar-refractivity contribution in [3.63, 3.8) is 0 Å². The lowest BCUT2D eigenvalue weighted by Gasteiger charge is -2.24. The highest BCUT2D eigenvalue weighted by molar-refractivity contribution is 7.92. The van der Waals surface area contributed by atoms with Crippen LogP contribution in [0.15, 0.2) is 96.2 Å². The van der Waals surface area contributed by atoms with Gasteiger partial charge in [-0.25, -0.2) is 13.4 Å². The molecule has 0 spiro atoms. The molecule has 0 bridgehead atoms. The Morgan fingerprint density at radius 3 is 2.28 bits per heavy atom. The predicted octanol–water partition coefficient (Wildman–Crippen LogP) is 3.60. The number of anilines is 1. The number of carbonyl (C=O) groups is 1. The zero-order chi connectivity index (χ0) is 25.7. The van der Waals surface area contributed by atoms with E-state index >= 15 is 0 Å². The number of nitrogens with zero attached hydrogens (tertiary/aromatic N) is 4. The summed E-state index contributed by atoms with van der Waals surface area (Å²) in [6.07, 6.45) is 3.57. The van der Waals surface area contributed by atoms with Gasteiger partial charge in [0.1, 0.15) is 12.4 Å². The van der Waals surface area contributed by atoms with Crippen molar-refractivity contribution in [3.8, 4) is 5.69 Å². The highest BCUT2D eigenvalue weighted by Crippen LogP contribution is 2.25. The number of amides is 1. The van der Waals surface area contributed by atoms with E-state index in [-0.39, 0.29) is 22.8 Å². The minimum Gasteiger partial charge on any atom is -0.350 e. The first kappa shape index (κ1) is 24.6. The van der Waals surface area contributed by atoms with E-state index in [1.54, 1.807) is 24.4 Å². The van der Waals surface area contributed by atoms with Crippen LogP contribution in [-0.4, -0.2) is 35.3 Å². The first-order valence-electron chi connectivity index (χ1n) is 10.9. The fraction of sp³-hybridized carbons (Fsp3) is 0.120. The van der Waals surface area contributed by atoms with Gasteiger partial charge in [0.2, 0.25) is 5.91 Å². The van der Waals surface area contributed by atoms with Crippen molar-refractivity contribution < 1.29 is 18.1 Å². The van der Waals surface area contributed by atoms with E-state index in [1.807, 2.05) is 42.0 Å². The van der Waals surface area contributed by atoms with Gasteiger partial charge in [-0.2, -0.15) is 0 Å². The van der Waals surface area contributed by atoms with Crippen LogP contribution in [-0.2, 0) is 21.4 Å². The molecule has 0 saturated heterocycles. The number of aromatic nitrogens is 2. The van der Waals surface area contributed by atoms with Crippen molar-refractivity contribution >= 4 is 27.3 Å². The number of rotatable bonds is 9. The molecule has 0 aliphatic rings. The Balaban J connectivity index is 1.51. The van der Waals surface area contributed by atoms with Crippen molar-refractivity contribution in [2.24, 2.45) is 0 Å². The van der Waals surface area contributed by atoms with Crippen molar-refractivity contribution in [1.82, 2.24) is 14.9 Å². The molecule has 36 heavy (non-hydrogen) atoms. The van der Waals surface area contributed by atoms with Gasteiger partial charge < -0.3 is 9.88 Å². The summed E-state index contributed by atoms with van der Waals surface area (Å²) in [5.41, 5.74) is 1.71. The highest BCUT2D eigenvalue weighted by atomic mass is 32.2. The molecule has 4 rings (SSSR count). The Labute approximate surface area is 208 Å². The van der Waals surface area contributed by atoms with Crippen LogP contribution >= 0.6 is 0 Å². The Kier molecular flexibility index (Phi) is 7.11. The molecule has 0 unspecified atom stereocenters. The number of imidazole rings is 1. The summed E-state index contributed by atoms with van der Waals surface area (Å²) in [4.78, 5) is 27.4. The number of nitro benzene ring substituents is 1. The van der Waals surface area contributed by atoms with Gasteiger partial charge >= 0.3 is 0 Å². The van der Waals surface area contributed by atoms with Crippen molar-refractivity contribution in [1.29, 1.82) is 0 Å². The number of aryl methyl sites for hydroxylation is 1. The van der Waals surface area contributed by atoms with Crippen LogP contribution in [0.4, 0.5) is 11.4 Å². The normalized spacial score (nSPS) is 11.1. The van der Waals surface area contributed by atoms with E-state index in [1.165, 1.54) is 36.4 Å². The summed E-state index contributed by atoms with van der Waals surface area (Å²) in [7, 11) is -4.11. The first-order chi connectivity index (χ1) is 17.3. The standard InChI is InChI=1S/C25H23N5O5S/c1-19-26-15-16-28(19)21-9-7-20(8-10-21)17-27-25(31)18-29(22-11-13-23(14-12-22)30(32)33)36(34,35)24-5-3-2-4-6-24/h2-16H,17-18H2,1H3,(H,27,31). The molecule has 1 aromatic heterocycles. The monoisotopic (exact) mass is 505 g/mol. The predicted molar refractivity (Wildman–Crippen MR) is 134 cm³/mol. The zero-order valence-corrected chi connectivity index (χ0v) is 20.1. The lowest BCUT2D eigenvalue weighted by Crippen LogP contribution is -2.40.